The van der Waals surface area contributed by atoms with Crippen molar-refractivity contribution in [1.29, 1.82) is 0 Å². The van der Waals surface area contributed by atoms with Gasteiger partial charge in [-0.25, -0.2) is 9.37 Å². The van der Waals surface area contributed by atoms with Crippen LogP contribution in [0.1, 0.15) is 25.5 Å². The molecule has 22 heavy (non-hydrogen) atoms. The zero-order valence-corrected chi connectivity index (χ0v) is 12.4. The van der Waals surface area contributed by atoms with E-state index in [0.29, 0.717) is 11.5 Å². The number of nitrogens with two attached hydrogens (primary N) is 1. The predicted octanol–water partition coefficient (Wildman–Crippen LogP) is 4.25. The summed E-state index contributed by atoms with van der Waals surface area (Å²) in [6.45, 7) is 4.06. The van der Waals surface area contributed by atoms with E-state index in [-0.39, 0.29) is 11.7 Å². The van der Waals surface area contributed by atoms with Gasteiger partial charge in [0.2, 0.25) is 0 Å². The van der Waals surface area contributed by atoms with Crippen LogP contribution in [0, 0.1) is 5.82 Å². The Morgan fingerprint density at radius 1 is 1.09 bits per heavy atom. The summed E-state index contributed by atoms with van der Waals surface area (Å²) in [4.78, 5) is 4.02. The monoisotopic (exact) mass is 297 g/mol. The summed E-state index contributed by atoms with van der Waals surface area (Å²) in [6.07, 6.45) is 1.65. The van der Waals surface area contributed by atoms with Crippen LogP contribution >= 0.6 is 0 Å². The van der Waals surface area contributed by atoms with E-state index in [4.69, 9.17) is 10.3 Å². The van der Waals surface area contributed by atoms with Gasteiger partial charge in [-0.1, -0.05) is 19.0 Å². The smallest absolute Gasteiger partial charge is 0.147 e. The molecule has 3 rings (SSSR count). The number of hydrogen-bond donors (Lipinski definition) is 1. The summed E-state index contributed by atoms with van der Waals surface area (Å²) in [7, 11) is 0. The molecule has 0 fully saturated rings. The maximum Gasteiger partial charge on any atom is 0.147 e. The molecule has 3 aromatic rings. The number of halogens is 1. The quantitative estimate of drug-likeness (QED) is 0.785. The minimum Gasteiger partial charge on any atom is -0.384 e. The molecule has 0 amide bonds. The molecule has 5 heteroatoms. The van der Waals surface area contributed by atoms with Gasteiger partial charge in [0.15, 0.2) is 0 Å². The van der Waals surface area contributed by atoms with E-state index in [2.05, 4.69) is 10.1 Å². The summed E-state index contributed by atoms with van der Waals surface area (Å²) < 4.78 is 18.7. The number of hydrogen-bond acceptors (Lipinski definition) is 4. The van der Waals surface area contributed by atoms with Crippen LogP contribution in [-0.4, -0.2) is 10.1 Å². The molecule has 2 N–H and O–H groups in total. The van der Waals surface area contributed by atoms with Gasteiger partial charge in [0, 0.05) is 17.7 Å². The van der Waals surface area contributed by atoms with Gasteiger partial charge in [0.25, 0.3) is 0 Å². The molecule has 0 aliphatic heterocycles. The van der Waals surface area contributed by atoms with Crippen LogP contribution in [0.5, 0.6) is 0 Å². The topological polar surface area (TPSA) is 64.9 Å². The summed E-state index contributed by atoms with van der Waals surface area (Å²) >= 11 is 0. The predicted molar refractivity (Wildman–Crippen MR) is 83.6 cm³/mol. The first kappa shape index (κ1) is 14.3. The molecular formula is C17H16FN3O. The maximum atomic E-state index is 13.1. The third-order valence-corrected chi connectivity index (χ3v) is 3.43. The minimum absolute atomic E-state index is 0.158. The van der Waals surface area contributed by atoms with Gasteiger partial charge >= 0.3 is 0 Å². The van der Waals surface area contributed by atoms with Crippen LogP contribution in [0.4, 0.5) is 10.2 Å². The van der Waals surface area contributed by atoms with E-state index in [1.165, 1.54) is 12.1 Å². The van der Waals surface area contributed by atoms with Gasteiger partial charge in [0.05, 0.1) is 5.56 Å². The molecular weight excluding hydrogens is 281 g/mol. The van der Waals surface area contributed by atoms with Gasteiger partial charge in [-0.3, -0.25) is 0 Å². The van der Waals surface area contributed by atoms with Crippen molar-refractivity contribution in [3.63, 3.8) is 0 Å². The Kier molecular flexibility index (Phi) is 3.63. The molecule has 0 spiro atoms. The molecule has 0 bridgehead atoms. The molecule has 2 heterocycles. The fraction of sp³-hybridized carbons (Fsp3) is 0.176. The van der Waals surface area contributed by atoms with Crippen molar-refractivity contribution < 1.29 is 8.91 Å². The molecule has 4 nitrogen and oxygen atoms in total. The first-order valence-electron chi connectivity index (χ1n) is 7.03. The standard InChI is InChI=1S/C17H16FN3O/c1-10(2)17-15(12-7-8-20-14(19)9-12)16(21-22-17)11-3-5-13(18)6-4-11/h3-10H,1-2H3,(H2,19,20). The Hall–Kier alpha value is -2.69. The highest BCUT2D eigenvalue weighted by molar-refractivity contribution is 5.83. The summed E-state index contributed by atoms with van der Waals surface area (Å²) in [5.74, 6) is 1.07. The third-order valence-electron chi connectivity index (χ3n) is 3.43. The molecule has 0 aliphatic rings. The van der Waals surface area contributed by atoms with Gasteiger partial charge in [-0.15, -0.1) is 0 Å². The zero-order chi connectivity index (χ0) is 15.7. The molecule has 112 valence electrons. The zero-order valence-electron chi connectivity index (χ0n) is 12.4. The lowest BCUT2D eigenvalue weighted by Crippen LogP contribution is -1.93. The van der Waals surface area contributed by atoms with Crippen LogP contribution in [0.3, 0.4) is 0 Å². The van der Waals surface area contributed by atoms with Crippen molar-refractivity contribution in [3.8, 4) is 22.4 Å². The van der Waals surface area contributed by atoms with Gasteiger partial charge in [0.1, 0.15) is 23.1 Å². The normalized spacial score (nSPS) is 11.1. The third kappa shape index (κ3) is 2.57. The number of anilines is 1. The van der Waals surface area contributed by atoms with Crippen LogP contribution < -0.4 is 5.73 Å². The van der Waals surface area contributed by atoms with Crippen molar-refractivity contribution in [1.82, 2.24) is 10.1 Å². The second-order valence-corrected chi connectivity index (χ2v) is 5.40. The fourth-order valence-corrected chi connectivity index (χ4v) is 2.38. The highest BCUT2D eigenvalue weighted by Crippen LogP contribution is 2.38. The summed E-state index contributed by atoms with van der Waals surface area (Å²) in [5.41, 5.74) is 9.01. The van der Waals surface area contributed by atoms with E-state index in [9.17, 15) is 4.39 Å². The largest absolute Gasteiger partial charge is 0.384 e. The second-order valence-electron chi connectivity index (χ2n) is 5.40. The maximum absolute atomic E-state index is 13.1. The fourth-order valence-electron chi connectivity index (χ4n) is 2.38. The number of aromatic nitrogens is 2. The molecule has 1 aromatic carbocycles. The van der Waals surface area contributed by atoms with Gasteiger partial charge < -0.3 is 10.3 Å². The number of benzene rings is 1. The Bertz CT molecular complexity index is 794. The van der Waals surface area contributed by atoms with E-state index >= 15 is 0 Å². The highest BCUT2D eigenvalue weighted by atomic mass is 19.1. The highest BCUT2D eigenvalue weighted by Gasteiger charge is 2.21. The molecule has 0 radical (unpaired) electrons. The Morgan fingerprint density at radius 3 is 2.45 bits per heavy atom. The lowest BCUT2D eigenvalue weighted by atomic mass is 9.96. The Labute approximate surface area is 127 Å². The molecule has 0 unspecified atom stereocenters. The SMILES string of the molecule is CC(C)c1onc(-c2ccc(F)cc2)c1-c1ccnc(N)c1. The summed E-state index contributed by atoms with van der Waals surface area (Å²) in [6, 6.07) is 9.83. The molecule has 0 atom stereocenters. The van der Waals surface area contributed by atoms with Gasteiger partial charge in [-0.2, -0.15) is 0 Å². The number of pyridine rings is 1. The molecule has 0 saturated carbocycles. The number of nitrogens with zero attached hydrogens (tertiary/aromatic N) is 2. The van der Waals surface area contributed by atoms with Crippen molar-refractivity contribution in [3.05, 3.63) is 54.2 Å². The second kappa shape index (κ2) is 5.60. The molecule has 0 saturated heterocycles. The average Bonchev–Trinajstić information content (AvgIpc) is 2.93. The van der Waals surface area contributed by atoms with Crippen molar-refractivity contribution in [2.75, 3.05) is 5.73 Å². The minimum atomic E-state index is -0.286. The molecule has 2 aromatic heterocycles. The first-order chi connectivity index (χ1) is 10.6. The van der Waals surface area contributed by atoms with Gasteiger partial charge in [-0.05, 0) is 42.0 Å². The average molecular weight is 297 g/mol. The van der Waals surface area contributed by atoms with Crippen LogP contribution in [0.25, 0.3) is 22.4 Å². The molecule has 0 aliphatic carbocycles. The van der Waals surface area contributed by atoms with E-state index in [1.807, 2.05) is 19.9 Å². The summed E-state index contributed by atoms with van der Waals surface area (Å²) in [5, 5.41) is 4.18. The van der Waals surface area contributed by atoms with E-state index in [1.54, 1.807) is 24.4 Å². The first-order valence-corrected chi connectivity index (χ1v) is 7.03. The van der Waals surface area contributed by atoms with E-state index < -0.39 is 0 Å². The van der Waals surface area contributed by atoms with Crippen molar-refractivity contribution in [2.24, 2.45) is 0 Å². The lowest BCUT2D eigenvalue weighted by molar-refractivity contribution is 0.373. The Balaban J connectivity index is 2.21. The van der Waals surface area contributed by atoms with E-state index in [0.717, 1.165) is 22.5 Å². The number of nitrogen functional groups attached to an aromatic ring is 1. The van der Waals surface area contributed by atoms with Crippen molar-refractivity contribution >= 4 is 5.82 Å². The van der Waals surface area contributed by atoms with Crippen LogP contribution in [-0.2, 0) is 0 Å². The Morgan fingerprint density at radius 2 is 1.82 bits per heavy atom. The van der Waals surface area contributed by atoms with Crippen LogP contribution in [0.2, 0.25) is 0 Å². The van der Waals surface area contributed by atoms with Crippen molar-refractivity contribution in [2.45, 2.75) is 19.8 Å². The van der Waals surface area contributed by atoms with Crippen LogP contribution in [0.15, 0.2) is 47.1 Å². The number of rotatable bonds is 3. The lowest BCUT2D eigenvalue weighted by Gasteiger charge is -2.07.